The number of carbonyl (C=O) groups is 1. The summed E-state index contributed by atoms with van der Waals surface area (Å²) in [5, 5.41) is 0. The third kappa shape index (κ3) is 3.41. The molecule has 0 aliphatic heterocycles. The topological polar surface area (TPSA) is 17.1 Å². The van der Waals surface area contributed by atoms with E-state index in [4.69, 9.17) is 0 Å². The van der Waals surface area contributed by atoms with Gasteiger partial charge in [-0.1, -0.05) is 32.1 Å². The zero-order valence-electron chi connectivity index (χ0n) is 11.0. The molecule has 98 valence electrons. The van der Waals surface area contributed by atoms with Crippen molar-refractivity contribution in [2.24, 2.45) is 5.92 Å². The van der Waals surface area contributed by atoms with Crippen LogP contribution in [0.5, 0.6) is 0 Å². The zero-order valence-corrected chi connectivity index (χ0v) is 11.0. The van der Waals surface area contributed by atoms with E-state index in [9.17, 15) is 9.18 Å². The summed E-state index contributed by atoms with van der Waals surface area (Å²) in [6, 6.07) is 4.66. The first kappa shape index (κ1) is 13.3. The van der Waals surface area contributed by atoms with Crippen LogP contribution in [0.3, 0.4) is 0 Å². The van der Waals surface area contributed by atoms with Crippen molar-refractivity contribution in [1.29, 1.82) is 0 Å². The zero-order chi connectivity index (χ0) is 13.0. The van der Waals surface area contributed by atoms with Crippen LogP contribution in [0, 0.1) is 18.7 Å². The number of aryl methyl sites for hydroxylation is 1. The molecule has 0 N–H and O–H groups in total. The molecule has 0 saturated heterocycles. The van der Waals surface area contributed by atoms with Crippen LogP contribution in [0.1, 0.15) is 60.9 Å². The largest absolute Gasteiger partial charge is 0.294 e. The first-order chi connectivity index (χ1) is 8.66. The molecule has 0 unspecified atom stereocenters. The highest BCUT2D eigenvalue weighted by Gasteiger charge is 2.15. The van der Waals surface area contributed by atoms with Crippen LogP contribution in [0.25, 0.3) is 0 Å². The Labute approximate surface area is 108 Å². The van der Waals surface area contributed by atoms with Gasteiger partial charge in [-0.05, 0) is 43.0 Å². The van der Waals surface area contributed by atoms with Crippen LogP contribution in [-0.2, 0) is 0 Å². The van der Waals surface area contributed by atoms with Crippen molar-refractivity contribution in [1.82, 2.24) is 0 Å². The Balaban J connectivity index is 1.88. The number of carbonyl (C=O) groups excluding carboxylic acids is 1. The Morgan fingerprint density at radius 1 is 1.28 bits per heavy atom. The second kappa shape index (κ2) is 6.12. The maximum absolute atomic E-state index is 13.1. The maximum atomic E-state index is 13.1. The van der Waals surface area contributed by atoms with Crippen LogP contribution < -0.4 is 0 Å². The van der Waals surface area contributed by atoms with Crippen LogP contribution >= 0.6 is 0 Å². The second-order valence-electron chi connectivity index (χ2n) is 5.43. The van der Waals surface area contributed by atoms with Gasteiger partial charge in [-0.3, -0.25) is 4.79 Å². The van der Waals surface area contributed by atoms with Gasteiger partial charge in [0.15, 0.2) is 5.78 Å². The van der Waals surface area contributed by atoms with E-state index in [2.05, 4.69) is 0 Å². The highest BCUT2D eigenvalue weighted by Crippen LogP contribution is 2.27. The summed E-state index contributed by atoms with van der Waals surface area (Å²) in [6.07, 6.45) is 8.13. The van der Waals surface area contributed by atoms with Gasteiger partial charge in [-0.25, -0.2) is 4.39 Å². The van der Waals surface area contributed by atoms with E-state index in [1.54, 1.807) is 19.1 Å². The second-order valence-corrected chi connectivity index (χ2v) is 5.43. The van der Waals surface area contributed by atoms with Crippen LogP contribution in [-0.4, -0.2) is 5.78 Å². The molecule has 0 atom stereocenters. The predicted octanol–water partition coefficient (Wildman–Crippen LogP) is 4.68. The van der Waals surface area contributed by atoms with E-state index < -0.39 is 0 Å². The number of hydrogen-bond acceptors (Lipinski definition) is 1. The van der Waals surface area contributed by atoms with Gasteiger partial charge in [-0.2, -0.15) is 0 Å². The minimum absolute atomic E-state index is 0.156. The standard InChI is InChI=1S/C16H21FO/c1-12-11-14(8-9-15(12)17)16(18)10-7-13-5-3-2-4-6-13/h8-9,11,13H,2-7,10H2,1H3. The van der Waals surface area contributed by atoms with Crippen molar-refractivity contribution in [3.63, 3.8) is 0 Å². The van der Waals surface area contributed by atoms with Crippen LogP contribution in [0.2, 0.25) is 0 Å². The Morgan fingerprint density at radius 3 is 2.67 bits per heavy atom. The molecule has 1 aromatic rings. The van der Waals surface area contributed by atoms with Crippen molar-refractivity contribution < 1.29 is 9.18 Å². The summed E-state index contributed by atoms with van der Waals surface area (Å²) in [7, 11) is 0. The number of halogens is 1. The first-order valence-corrected chi connectivity index (χ1v) is 6.96. The maximum Gasteiger partial charge on any atom is 0.162 e. The fourth-order valence-corrected chi connectivity index (χ4v) is 2.77. The molecule has 1 aromatic carbocycles. The quantitative estimate of drug-likeness (QED) is 0.707. The highest BCUT2D eigenvalue weighted by molar-refractivity contribution is 5.96. The molecule has 0 amide bonds. The molecule has 1 saturated carbocycles. The molecule has 0 radical (unpaired) electrons. The Morgan fingerprint density at radius 2 is 2.00 bits per heavy atom. The lowest BCUT2D eigenvalue weighted by molar-refractivity contribution is 0.0970. The third-order valence-corrected chi connectivity index (χ3v) is 3.98. The van der Waals surface area contributed by atoms with E-state index in [1.807, 2.05) is 0 Å². The van der Waals surface area contributed by atoms with E-state index in [0.717, 1.165) is 12.3 Å². The summed E-state index contributed by atoms with van der Waals surface area (Å²) in [5.41, 5.74) is 1.21. The van der Waals surface area contributed by atoms with Crippen LogP contribution in [0.15, 0.2) is 18.2 Å². The number of rotatable bonds is 4. The summed E-state index contributed by atoms with van der Waals surface area (Å²) in [6.45, 7) is 1.70. The normalized spacial score (nSPS) is 16.8. The van der Waals surface area contributed by atoms with Crippen molar-refractivity contribution in [2.45, 2.75) is 51.9 Å². The highest BCUT2D eigenvalue weighted by atomic mass is 19.1. The smallest absolute Gasteiger partial charge is 0.162 e. The summed E-state index contributed by atoms with van der Waals surface area (Å²) in [5.74, 6) is 0.645. The molecule has 1 aliphatic rings. The Bertz CT molecular complexity index is 419. The van der Waals surface area contributed by atoms with Gasteiger partial charge in [0.2, 0.25) is 0 Å². The SMILES string of the molecule is Cc1cc(C(=O)CCC2CCCCC2)ccc1F. The lowest BCUT2D eigenvalue weighted by atomic mass is 9.85. The molecule has 2 heteroatoms. The molecular formula is C16H21FO. The molecule has 1 fully saturated rings. The van der Waals surface area contributed by atoms with E-state index in [-0.39, 0.29) is 11.6 Å². The number of ketones is 1. The summed E-state index contributed by atoms with van der Waals surface area (Å²) in [4.78, 5) is 12.0. The van der Waals surface area contributed by atoms with E-state index >= 15 is 0 Å². The third-order valence-electron chi connectivity index (χ3n) is 3.98. The number of benzene rings is 1. The first-order valence-electron chi connectivity index (χ1n) is 6.96. The molecule has 2 rings (SSSR count). The summed E-state index contributed by atoms with van der Waals surface area (Å²) >= 11 is 0. The molecule has 0 bridgehead atoms. The lowest BCUT2D eigenvalue weighted by Crippen LogP contribution is -2.09. The van der Waals surface area contributed by atoms with Crippen molar-refractivity contribution in [3.8, 4) is 0 Å². The van der Waals surface area contributed by atoms with Crippen molar-refractivity contribution in [3.05, 3.63) is 35.1 Å². The van der Waals surface area contributed by atoms with E-state index in [0.29, 0.717) is 17.5 Å². The van der Waals surface area contributed by atoms with Gasteiger partial charge in [0, 0.05) is 12.0 Å². The molecule has 0 spiro atoms. The van der Waals surface area contributed by atoms with Gasteiger partial charge >= 0.3 is 0 Å². The Kier molecular flexibility index (Phi) is 4.51. The average molecular weight is 248 g/mol. The fraction of sp³-hybridized carbons (Fsp3) is 0.562. The summed E-state index contributed by atoms with van der Waals surface area (Å²) < 4.78 is 13.1. The minimum Gasteiger partial charge on any atom is -0.294 e. The molecule has 1 nitrogen and oxygen atoms in total. The van der Waals surface area contributed by atoms with Crippen molar-refractivity contribution >= 4 is 5.78 Å². The molecule has 18 heavy (non-hydrogen) atoms. The van der Waals surface area contributed by atoms with Gasteiger partial charge in [0.05, 0.1) is 0 Å². The minimum atomic E-state index is -0.237. The van der Waals surface area contributed by atoms with Gasteiger partial charge in [0.1, 0.15) is 5.82 Å². The molecule has 0 aromatic heterocycles. The van der Waals surface area contributed by atoms with Gasteiger partial charge in [-0.15, -0.1) is 0 Å². The van der Waals surface area contributed by atoms with Gasteiger partial charge < -0.3 is 0 Å². The molecule has 0 heterocycles. The monoisotopic (exact) mass is 248 g/mol. The fourth-order valence-electron chi connectivity index (χ4n) is 2.77. The van der Waals surface area contributed by atoms with Gasteiger partial charge in [0.25, 0.3) is 0 Å². The number of Topliss-reactive ketones (excluding diaryl/α,β-unsaturated/α-hetero) is 1. The predicted molar refractivity (Wildman–Crippen MR) is 71.3 cm³/mol. The van der Waals surface area contributed by atoms with E-state index in [1.165, 1.54) is 38.2 Å². The molecule has 1 aliphatic carbocycles. The average Bonchev–Trinajstić information content (AvgIpc) is 2.40. The van der Waals surface area contributed by atoms with Crippen molar-refractivity contribution in [2.75, 3.05) is 0 Å². The number of hydrogen-bond donors (Lipinski definition) is 0. The van der Waals surface area contributed by atoms with Crippen LogP contribution in [0.4, 0.5) is 4.39 Å². The Hall–Kier alpha value is -1.18. The lowest BCUT2D eigenvalue weighted by Gasteiger charge is -2.20. The molecular weight excluding hydrogens is 227 g/mol.